The first-order chi connectivity index (χ1) is 6.20. The lowest BCUT2D eigenvalue weighted by Gasteiger charge is -2.01. The smallest absolute Gasteiger partial charge is 0.279 e. The lowest BCUT2D eigenvalue weighted by Crippen LogP contribution is -2.14. The van der Waals surface area contributed by atoms with Crippen molar-refractivity contribution in [2.24, 2.45) is 7.05 Å². The van der Waals surface area contributed by atoms with Crippen molar-refractivity contribution in [1.29, 1.82) is 0 Å². The summed E-state index contributed by atoms with van der Waals surface area (Å²) >= 11 is 4.91. The van der Waals surface area contributed by atoms with Crippen LogP contribution in [0.3, 0.4) is 0 Å². The largest absolute Gasteiger partial charge is 0.304 e. The van der Waals surface area contributed by atoms with Gasteiger partial charge in [0, 0.05) is 19.4 Å². The van der Waals surface area contributed by atoms with Crippen LogP contribution in [0.25, 0.3) is 11.2 Å². The Labute approximate surface area is 78.1 Å². The molecule has 5 nitrogen and oxygen atoms in total. The van der Waals surface area contributed by atoms with Crippen LogP contribution < -0.4 is 5.56 Å². The topological polar surface area (TPSA) is 63.6 Å². The summed E-state index contributed by atoms with van der Waals surface area (Å²) in [6.45, 7) is 0. The highest BCUT2D eigenvalue weighted by molar-refractivity contribution is 7.71. The van der Waals surface area contributed by atoms with Crippen molar-refractivity contribution in [1.82, 2.24) is 19.5 Å². The van der Waals surface area contributed by atoms with Crippen LogP contribution in [0.4, 0.5) is 0 Å². The summed E-state index contributed by atoms with van der Waals surface area (Å²) in [5.74, 6) is 0. The SMILES string of the molecule is Cn1c(=S)[nH]c(=O)c2nccnc21. The summed E-state index contributed by atoms with van der Waals surface area (Å²) in [5.41, 5.74) is 0.501. The van der Waals surface area contributed by atoms with E-state index in [2.05, 4.69) is 15.0 Å². The third-order valence-electron chi connectivity index (χ3n) is 1.74. The number of hydrogen-bond acceptors (Lipinski definition) is 4. The van der Waals surface area contributed by atoms with E-state index in [9.17, 15) is 4.79 Å². The summed E-state index contributed by atoms with van der Waals surface area (Å²) in [6.07, 6.45) is 3.00. The maximum Gasteiger partial charge on any atom is 0.279 e. The average molecular weight is 194 g/mol. The average Bonchev–Trinajstić information content (AvgIpc) is 2.15. The number of nitrogens with one attached hydrogen (secondary N) is 1. The quantitative estimate of drug-likeness (QED) is 0.616. The first-order valence-corrected chi connectivity index (χ1v) is 4.01. The molecule has 2 rings (SSSR count). The zero-order chi connectivity index (χ0) is 9.42. The summed E-state index contributed by atoms with van der Waals surface area (Å²) in [4.78, 5) is 21.7. The van der Waals surface area contributed by atoms with Crippen LogP contribution in [0.15, 0.2) is 17.2 Å². The number of rotatable bonds is 0. The molecule has 0 amide bonds. The van der Waals surface area contributed by atoms with E-state index in [0.29, 0.717) is 15.9 Å². The highest BCUT2D eigenvalue weighted by Crippen LogP contribution is 1.99. The van der Waals surface area contributed by atoms with Gasteiger partial charge in [-0.1, -0.05) is 0 Å². The van der Waals surface area contributed by atoms with Gasteiger partial charge in [-0.05, 0) is 12.2 Å². The van der Waals surface area contributed by atoms with Crippen molar-refractivity contribution in [2.45, 2.75) is 0 Å². The second kappa shape index (κ2) is 2.74. The van der Waals surface area contributed by atoms with E-state index in [1.807, 2.05) is 0 Å². The molecule has 66 valence electrons. The molecule has 0 atom stereocenters. The van der Waals surface area contributed by atoms with Gasteiger partial charge < -0.3 is 4.57 Å². The predicted octanol–water partition coefficient (Wildman–Crippen LogP) is 0.386. The van der Waals surface area contributed by atoms with Crippen molar-refractivity contribution in [3.63, 3.8) is 0 Å². The fraction of sp³-hybridized carbons (Fsp3) is 0.143. The third-order valence-corrected chi connectivity index (χ3v) is 2.11. The monoisotopic (exact) mass is 194 g/mol. The van der Waals surface area contributed by atoms with Crippen molar-refractivity contribution >= 4 is 23.4 Å². The third kappa shape index (κ3) is 1.15. The van der Waals surface area contributed by atoms with Crippen LogP contribution in [0.5, 0.6) is 0 Å². The molecule has 0 radical (unpaired) electrons. The Morgan fingerprint density at radius 1 is 1.46 bits per heavy atom. The predicted molar refractivity (Wildman–Crippen MR) is 50.0 cm³/mol. The van der Waals surface area contributed by atoms with E-state index in [-0.39, 0.29) is 5.56 Å². The van der Waals surface area contributed by atoms with Crippen LogP contribution >= 0.6 is 12.2 Å². The number of hydrogen-bond donors (Lipinski definition) is 1. The zero-order valence-electron chi connectivity index (χ0n) is 6.81. The molecular weight excluding hydrogens is 188 g/mol. The molecule has 0 unspecified atom stereocenters. The van der Waals surface area contributed by atoms with Gasteiger partial charge in [0.2, 0.25) is 0 Å². The Kier molecular flexibility index (Phi) is 1.70. The maximum absolute atomic E-state index is 11.3. The molecule has 0 bridgehead atoms. The van der Waals surface area contributed by atoms with E-state index in [4.69, 9.17) is 12.2 Å². The van der Waals surface area contributed by atoms with Gasteiger partial charge in [-0.25, -0.2) is 9.97 Å². The van der Waals surface area contributed by atoms with Gasteiger partial charge in [-0.15, -0.1) is 0 Å². The number of nitrogens with zero attached hydrogens (tertiary/aromatic N) is 3. The molecule has 0 saturated carbocycles. The van der Waals surface area contributed by atoms with Crippen molar-refractivity contribution in [3.8, 4) is 0 Å². The minimum Gasteiger partial charge on any atom is -0.304 e. The second-order valence-electron chi connectivity index (χ2n) is 2.55. The van der Waals surface area contributed by atoms with Crippen molar-refractivity contribution in [2.75, 3.05) is 0 Å². The Bertz CT molecular complexity index is 570. The molecule has 0 fully saturated rings. The molecule has 0 aromatic carbocycles. The van der Waals surface area contributed by atoms with Crippen LogP contribution in [0.2, 0.25) is 0 Å². The maximum atomic E-state index is 11.3. The van der Waals surface area contributed by atoms with Crippen LogP contribution in [-0.2, 0) is 7.05 Å². The molecule has 2 aromatic rings. The molecule has 6 heteroatoms. The van der Waals surface area contributed by atoms with E-state index >= 15 is 0 Å². The highest BCUT2D eigenvalue weighted by atomic mass is 32.1. The second-order valence-corrected chi connectivity index (χ2v) is 2.93. The number of aryl methyl sites for hydroxylation is 1. The molecule has 0 aliphatic heterocycles. The number of H-pyrrole nitrogens is 1. The summed E-state index contributed by atoms with van der Waals surface area (Å²) < 4.78 is 1.96. The number of aromatic amines is 1. The summed E-state index contributed by atoms with van der Waals surface area (Å²) in [6, 6.07) is 0. The van der Waals surface area contributed by atoms with Gasteiger partial charge in [-0.2, -0.15) is 0 Å². The Hall–Kier alpha value is -1.56. The minimum absolute atomic E-state index is 0.300. The highest BCUT2D eigenvalue weighted by Gasteiger charge is 2.02. The van der Waals surface area contributed by atoms with Gasteiger partial charge in [0.15, 0.2) is 15.9 Å². The number of aromatic nitrogens is 4. The van der Waals surface area contributed by atoms with E-state index < -0.39 is 0 Å². The molecule has 0 saturated heterocycles. The van der Waals surface area contributed by atoms with Gasteiger partial charge in [0.1, 0.15) is 0 Å². The van der Waals surface area contributed by atoms with Crippen molar-refractivity contribution < 1.29 is 0 Å². The summed E-state index contributed by atoms with van der Waals surface area (Å²) in [5, 5.41) is 0. The molecule has 1 N–H and O–H groups in total. The molecule has 0 aliphatic carbocycles. The number of fused-ring (bicyclic) bond motifs is 1. The van der Waals surface area contributed by atoms with Gasteiger partial charge in [0.05, 0.1) is 0 Å². The lowest BCUT2D eigenvalue weighted by molar-refractivity contribution is 0.857. The molecule has 0 spiro atoms. The molecule has 0 aliphatic rings. The first kappa shape index (κ1) is 8.06. The van der Waals surface area contributed by atoms with Crippen LogP contribution in [-0.4, -0.2) is 19.5 Å². The van der Waals surface area contributed by atoms with Gasteiger partial charge in [-0.3, -0.25) is 9.78 Å². The minimum atomic E-state index is -0.300. The van der Waals surface area contributed by atoms with Crippen LogP contribution in [0, 0.1) is 4.77 Å². The Morgan fingerprint density at radius 3 is 2.92 bits per heavy atom. The fourth-order valence-electron chi connectivity index (χ4n) is 1.07. The Morgan fingerprint density at radius 2 is 2.15 bits per heavy atom. The van der Waals surface area contributed by atoms with Gasteiger partial charge >= 0.3 is 0 Å². The Balaban J connectivity index is 3.15. The molecular formula is C7H6N4OS. The van der Waals surface area contributed by atoms with Crippen LogP contribution in [0.1, 0.15) is 0 Å². The van der Waals surface area contributed by atoms with E-state index in [1.165, 1.54) is 12.4 Å². The van der Waals surface area contributed by atoms with E-state index in [1.54, 1.807) is 11.6 Å². The van der Waals surface area contributed by atoms with Crippen molar-refractivity contribution in [3.05, 3.63) is 27.5 Å². The normalized spacial score (nSPS) is 10.5. The summed E-state index contributed by atoms with van der Waals surface area (Å²) in [7, 11) is 1.73. The first-order valence-electron chi connectivity index (χ1n) is 3.60. The standard InChI is InChI=1S/C7H6N4OS/c1-11-5-4(8-2-3-9-5)6(12)10-7(11)13/h2-3H,1H3,(H,10,12,13). The zero-order valence-corrected chi connectivity index (χ0v) is 7.63. The molecule has 13 heavy (non-hydrogen) atoms. The molecule has 2 heterocycles. The molecule has 2 aromatic heterocycles. The fourth-order valence-corrected chi connectivity index (χ4v) is 1.25. The lowest BCUT2D eigenvalue weighted by atomic mass is 10.5. The van der Waals surface area contributed by atoms with E-state index in [0.717, 1.165) is 0 Å². The van der Waals surface area contributed by atoms with Gasteiger partial charge in [0.25, 0.3) is 5.56 Å².